The summed E-state index contributed by atoms with van der Waals surface area (Å²) in [6.07, 6.45) is 3.56. The third-order valence-electron chi connectivity index (χ3n) is 8.72. The Morgan fingerprint density at radius 3 is 1.17 bits per heavy atom. The maximum atomic E-state index is 4.72. The highest BCUT2D eigenvalue weighted by molar-refractivity contribution is 6.26. The summed E-state index contributed by atoms with van der Waals surface area (Å²) in [7, 11) is 0. The molecule has 0 saturated heterocycles. The molecule has 0 aliphatic rings. The van der Waals surface area contributed by atoms with Crippen molar-refractivity contribution in [1.82, 2.24) is 9.97 Å². The number of aromatic nitrogens is 2. The van der Waals surface area contributed by atoms with Crippen LogP contribution >= 0.6 is 0 Å². The Morgan fingerprint density at radius 2 is 0.619 bits per heavy atom. The molecular formula is C40H24N2. The van der Waals surface area contributed by atoms with Crippen molar-refractivity contribution in [2.24, 2.45) is 0 Å². The van der Waals surface area contributed by atoms with E-state index in [0.717, 1.165) is 21.8 Å². The quantitative estimate of drug-likeness (QED) is 0.207. The molecular weight excluding hydrogens is 508 g/mol. The predicted molar refractivity (Wildman–Crippen MR) is 178 cm³/mol. The number of benzene rings is 8. The molecule has 2 nitrogen and oxygen atoms in total. The third kappa shape index (κ3) is 3.39. The van der Waals surface area contributed by atoms with Gasteiger partial charge in [0.1, 0.15) is 0 Å². The molecule has 0 radical (unpaired) electrons. The predicted octanol–water partition coefficient (Wildman–Crippen LogP) is 10.7. The normalized spacial score (nSPS) is 11.8. The van der Waals surface area contributed by atoms with Crippen molar-refractivity contribution >= 4 is 64.9 Å². The maximum absolute atomic E-state index is 4.72. The summed E-state index contributed by atoms with van der Waals surface area (Å²) < 4.78 is 0. The second-order valence-electron chi connectivity index (χ2n) is 11.0. The molecule has 1 aromatic heterocycles. The van der Waals surface area contributed by atoms with Crippen molar-refractivity contribution in [3.05, 3.63) is 146 Å². The monoisotopic (exact) mass is 532 g/mol. The Bertz CT molecular complexity index is 2280. The molecule has 2 heteroatoms. The zero-order valence-corrected chi connectivity index (χ0v) is 22.8. The molecule has 0 aliphatic carbocycles. The lowest BCUT2D eigenvalue weighted by Gasteiger charge is -2.13. The summed E-state index contributed by atoms with van der Waals surface area (Å²) in [5, 5.41) is 12.4. The molecule has 0 saturated carbocycles. The molecule has 9 aromatic rings. The molecule has 0 spiro atoms. The second-order valence-corrected chi connectivity index (χ2v) is 11.0. The number of rotatable bonds is 2. The van der Waals surface area contributed by atoms with Crippen molar-refractivity contribution in [3.63, 3.8) is 0 Å². The van der Waals surface area contributed by atoms with Crippen molar-refractivity contribution in [2.45, 2.75) is 0 Å². The zero-order valence-electron chi connectivity index (χ0n) is 22.8. The van der Waals surface area contributed by atoms with E-state index in [1.807, 2.05) is 0 Å². The fourth-order valence-corrected chi connectivity index (χ4v) is 6.78. The van der Waals surface area contributed by atoms with Gasteiger partial charge in [0.15, 0.2) is 0 Å². The molecule has 42 heavy (non-hydrogen) atoms. The van der Waals surface area contributed by atoms with E-state index in [1.54, 1.807) is 12.4 Å². The topological polar surface area (TPSA) is 25.8 Å². The molecule has 194 valence electrons. The lowest BCUT2D eigenvalue weighted by molar-refractivity contribution is 1.31. The van der Waals surface area contributed by atoms with Gasteiger partial charge in [-0.2, -0.15) is 0 Å². The van der Waals surface area contributed by atoms with Gasteiger partial charge >= 0.3 is 0 Å². The molecule has 0 fully saturated rings. The summed E-state index contributed by atoms with van der Waals surface area (Å²) >= 11 is 0. The van der Waals surface area contributed by atoms with Crippen LogP contribution in [-0.2, 0) is 0 Å². The van der Waals surface area contributed by atoms with Crippen molar-refractivity contribution in [2.75, 3.05) is 0 Å². The van der Waals surface area contributed by atoms with Gasteiger partial charge < -0.3 is 0 Å². The third-order valence-corrected chi connectivity index (χ3v) is 8.72. The molecule has 1 heterocycles. The number of hydrogen-bond acceptors (Lipinski definition) is 2. The Labute approximate surface area is 242 Å². The minimum atomic E-state index is 0.947. The molecule has 0 aliphatic heterocycles. The van der Waals surface area contributed by atoms with Crippen molar-refractivity contribution in [3.8, 4) is 22.3 Å². The number of hydrogen-bond donors (Lipinski definition) is 0. The average Bonchev–Trinajstić information content (AvgIpc) is 3.08. The molecule has 0 atom stereocenters. The Balaban J connectivity index is 1.23. The smallest absolute Gasteiger partial charge is 0.0971 e. The Kier molecular flexibility index (Phi) is 4.93. The largest absolute Gasteiger partial charge is 0.252 e. The van der Waals surface area contributed by atoms with Crippen molar-refractivity contribution < 1.29 is 0 Å². The van der Waals surface area contributed by atoms with Crippen LogP contribution in [0.3, 0.4) is 0 Å². The van der Waals surface area contributed by atoms with E-state index in [1.165, 1.54) is 65.3 Å². The minimum absolute atomic E-state index is 0.947. The first kappa shape index (κ1) is 23.1. The molecule has 0 N–H and O–H groups in total. The molecule has 0 bridgehead atoms. The van der Waals surface area contributed by atoms with E-state index in [9.17, 15) is 0 Å². The Morgan fingerprint density at radius 1 is 0.262 bits per heavy atom. The summed E-state index contributed by atoms with van der Waals surface area (Å²) in [6.45, 7) is 0. The van der Waals surface area contributed by atoms with Crippen LogP contribution in [0.1, 0.15) is 0 Å². The standard InChI is InChI=1S/C40H24N2/c1-2-12-31-29(10-1)30-11-3-4-13-32(30)37-23-27(16-18-34(31)37)25-8-7-9-26(22-25)28-17-19-36-38(24-28)33-14-5-6-15-35(33)39-40(36)42-21-20-41-39/h1-24H. The van der Waals surface area contributed by atoms with Gasteiger partial charge in [0, 0.05) is 23.2 Å². The Hall–Kier alpha value is -5.60. The van der Waals surface area contributed by atoms with Crippen molar-refractivity contribution in [1.29, 1.82) is 0 Å². The van der Waals surface area contributed by atoms with E-state index in [4.69, 9.17) is 4.98 Å². The average molecular weight is 533 g/mol. The first-order chi connectivity index (χ1) is 20.8. The fraction of sp³-hybridized carbons (Fsp3) is 0. The van der Waals surface area contributed by atoms with Gasteiger partial charge in [-0.25, -0.2) is 0 Å². The summed E-state index contributed by atoms with van der Waals surface area (Å²) in [5.41, 5.74) is 6.71. The first-order valence-corrected chi connectivity index (χ1v) is 14.3. The molecule has 0 unspecified atom stereocenters. The van der Waals surface area contributed by atoms with Gasteiger partial charge in [0.2, 0.25) is 0 Å². The van der Waals surface area contributed by atoms with E-state index >= 15 is 0 Å². The lowest BCUT2D eigenvalue weighted by Crippen LogP contribution is -1.89. The van der Waals surface area contributed by atoms with Crippen LogP contribution in [0.2, 0.25) is 0 Å². The fourth-order valence-electron chi connectivity index (χ4n) is 6.78. The highest BCUT2D eigenvalue weighted by Gasteiger charge is 2.13. The van der Waals surface area contributed by atoms with Crippen LogP contribution in [0.15, 0.2) is 146 Å². The summed E-state index contributed by atoms with van der Waals surface area (Å²) in [5.74, 6) is 0. The van der Waals surface area contributed by atoms with Gasteiger partial charge in [0.25, 0.3) is 0 Å². The first-order valence-electron chi connectivity index (χ1n) is 14.3. The second kappa shape index (κ2) is 8.95. The van der Waals surface area contributed by atoms with Crippen LogP contribution in [0.25, 0.3) is 87.1 Å². The molecule has 8 aromatic carbocycles. The highest BCUT2D eigenvalue weighted by atomic mass is 14.8. The highest BCUT2D eigenvalue weighted by Crippen LogP contribution is 2.39. The summed E-state index contributed by atoms with van der Waals surface area (Å²) in [4.78, 5) is 9.40. The number of fused-ring (bicyclic) bond motifs is 12. The van der Waals surface area contributed by atoms with Crippen LogP contribution in [0, 0.1) is 0 Å². The summed E-state index contributed by atoms with van der Waals surface area (Å²) in [6, 6.07) is 48.6. The van der Waals surface area contributed by atoms with E-state index in [2.05, 4.69) is 138 Å². The SMILES string of the molecule is c1cc(-c2ccc3c4ccccc4c4ccccc4c3c2)cc(-c2ccc3c(c2)c2ccccc2c2nccnc32)c1. The van der Waals surface area contributed by atoms with E-state index in [0.29, 0.717) is 0 Å². The minimum Gasteiger partial charge on any atom is -0.252 e. The van der Waals surface area contributed by atoms with Gasteiger partial charge in [-0.3, -0.25) is 9.97 Å². The molecule has 0 amide bonds. The van der Waals surface area contributed by atoms with Gasteiger partial charge in [0.05, 0.1) is 11.0 Å². The maximum Gasteiger partial charge on any atom is 0.0971 e. The number of nitrogens with zero attached hydrogens (tertiary/aromatic N) is 2. The lowest BCUT2D eigenvalue weighted by atomic mass is 9.91. The van der Waals surface area contributed by atoms with Crippen LogP contribution in [0.4, 0.5) is 0 Å². The van der Waals surface area contributed by atoms with Crippen LogP contribution in [0.5, 0.6) is 0 Å². The van der Waals surface area contributed by atoms with E-state index < -0.39 is 0 Å². The van der Waals surface area contributed by atoms with Gasteiger partial charge in [-0.1, -0.05) is 115 Å². The zero-order chi connectivity index (χ0) is 27.6. The molecule has 9 rings (SSSR count). The van der Waals surface area contributed by atoms with E-state index in [-0.39, 0.29) is 0 Å². The van der Waals surface area contributed by atoms with Crippen LogP contribution < -0.4 is 0 Å². The van der Waals surface area contributed by atoms with Gasteiger partial charge in [-0.15, -0.1) is 0 Å². The van der Waals surface area contributed by atoms with Crippen LogP contribution in [-0.4, -0.2) is 9.97 Å². The van der Waals surface area contributed by atoms with Gasteiger partial charge in [-0.05, 0) is 83.5 Å².